The molecule has 3 heterocycles. The van der Waals surface area contributed by atoms with Gasteiger partial charge in [-0.15, -0.1) is 5.10 Å². The minimum absolute atomic E-state index is 0.0319. The summed E-state index contributed by atoms with van der Waals surface area (Å²) < 4.78 is 6.94. The molecule has 0 aromatic carbocycles. The van der Waals surface area contributed by atoms with Crippen LogP contribution in [0, 0.1) is 0 Å². The number of nitrogens with one attached hydrogen (secondary N) is 1. The van der Waals surface area contributed by atoms with Crippen LogP contribution in [0.25, 0.3) is 0 Å². The Bertz CT molecular complexity index is 605. The van der Waals surface area contributed by atoms with Gasteiger partial charge in [0.25, 0.3) is 0 Å². The van der Waals surface area contributed by atoms with Gasteiger partial charge in [0.05, 0.1) is 24.5 Å². The van der Waals surface area contributed by atoms with Crippen molar-refractivity contribution in [3.05, 3.63) is 28.7 Å². The molecule has 2 amide bonds. The molecule has 0 aliphatic carbocycles. The summed E-state index contributed by atoms with van der Waals surface area (Å²) in [5, 5.41) is 15.0. The Labute approximate surface area is 132 Å². The van der Waals surface area contributed by atoms with Crippen molar-refractivity contribution < 1.29 is 9.53 Å². The second kappa shape index (κ2) is 6.89. The number of nitrogens with zero attached hydrogens (tertiary/aromatic N) is 4. The van der Waals surface area contributed by atoms with E-state index in [0.717, 1.165) is 37.3 Å². The molecule has 7 nitrogen and oxygen atoms in total. The van der Waals surface area contributed by atoms with Crippen molar-refractivity contribution in [2.45, 2.75) is 25.5 Å². The molecule has 0 spiro atoms. The first-order valence-corrected chi connectivity index (χ1v) is 8.18. The molecule has 2 aromatic heterocycles. The zero-order valence-electron chi connectivity index (χ0n) is 12.4. The van der Waals surface area contributed by atoms with Crippen molar-refractivity contribution in [3.8, 4) is 0 Å². The number of rotatable bonds is 4. The summed E-state index contributed by atoms with van der Waals surface area (Å²) in [5.41, 5.74) is 1.69. The molecule has 1 aliphatic heterocycles. The second-order valence-electron chi connectivity index (χ2n) is 5.28. The number of hydrogen-bond donors (Lipinski definition) is 1. The lowest BCUT2D eigenvalue weighted by molar-refractivity contribution is 0.179. The van der Waals surface area contributed by atoms with Gasteiger partial charge in [0.2, 0.25) is 0 Å². The molecule has 0 atom stereocenters. The fraction of sp³-hybridized carbons (Fsp3) is 0.500. The molecule has 1 aliphatic rings. The number of thiophene rings is 1. The Morgan fingerprint density at radius 1 is 1.50 bits per heavy atom. The number of carbonyl (C=O) groups excluding carboxylic acids is 1. The fourth-order valence-electron chi connectivity index (χ4n) is 2.58. The van der Waals surface area contributed by atoms with E-state index in [4.69, 9.17) is 4.74 Å². The fourth-order valence-corrected chi connectivity index (χ4v) is 3.17. The summed E-state index contributed by atoms with van der Waals surface area (Å²) in [6.07, 6.45) is 3.69. The van der Waals surface area contributed by atoms with Crippen molar-refractivity contribution in [1.29, 1.82) is 0 Å². The summed E-state index contributed by atoms with van der Waals surface area (Å²) in [4.78, 5) is 14.0. The Balaban J connectivity index is 1.52. The smallest absolute Gasteiger partial charge is 0.321 e. The standard InChI is InChI=1S/C14H19N5O2S/c1-21-9-12-8-19(17-16-12)13-2-5-18(6-3-13)14(20)15-11-4-7-22-10-11/h4,7-8,10,13H,2-3,5-6,9H2,1H3,(H,15,20). The van der Waals surface area contributed by atoms with Crippen LogP contribution >= 0.6 is 11.3 Å². The molecule has 1 saturated heterocycles. The van der Waals surface area contributed by atoms with Gasteiger partial charge in [0.1, 0.15) is 5.69 Å². The maximum Gasteiger partial charge on any atom is 0.321 e. The molecular formula is C14H19N5O2S. The van der Waals surface area contributed by atoms with E-state index in [1.165, 1.54) is 0 Å². The molecule has 1 N–H and O–H groups in total. The van der Waals surface area contributed by atoms with Crippen LogP contribution in [0.5, 0.6) is 0 Å². The molecule has 22 heavy (non-hydrogen) atoms. The van der Waals surface area contributed by atoms with E-state index in [0.29, 0.717) is 12.6 Å². The van der Waals surface area contributed by atoms with E-state index >= 15 is 0 Å². The third-order valence-corrected chi connectivity index (χ3v) is 4.43. The molecule has 0 bridgehead atoms. The first kappa shape index (κ1) is 15.0. The Morgan fingerprint density at radius 3 is 3.00 bits per heavy atom. The van der Waals surface area contributed by atoms with Gasteiger partial charge in [-0.05, 0) is 24.3 Å². The second-order valence-corrected chi connectivity index (χ2v) is 6.06. The van der Waals surface area contributed by atoms with Gasteiger partial charge in [0.15, 0.2) is 0 Å². The zero-order valence-corrected chi connectivity index (χ0v) is 13.3. The number of amides is 2. The lowest BCUT2D eigenvalue weighted by Gasteiger charge is -2.31. The van der Waals surface area contributed by atoms with Gasteiger partial charge >= 0.3 is 6.03 Å². The number of ether oxygens (including phenoxy) is 1. The van der Waals surface area contributed by atoms with E-state index < -0.39 is 0 Å². The van der Waals surface area contributed by atoms with Crippen LogP contribution in [0.3, 0.4) is 0 Å². The lowest BCUT2D eigenvalue weighted by atomic mass is 10.1. The van der Waals surface area contributed by atoms with E-state index in [9.17, 15) is 4.79 Å². The minimum atomic E-state index is -0.0319. The average Bonchev–Trinajstić information content (AvgIpc) is 3.20. The van der Waals surface area contributed by atoms with Gasteiger partial charge in [-0.3, -0.25) is 0 Å². The highest BCUT2D eigenvalue weighted by molar-refractivity contribution is 7.08. The predicted molar refractivity (Wildman–Crippen MR) is 83.9 cm³/mol. The number of likely N-dealkylation sites (tertiary alicyclic amines) is 1. The summed E-state index contributed by atoms with van der Waals surface area (Å²) >= 11 is 1.57. The van der Waals surface area contributed by atoms with Crippen LogP contribution in [-0.2, 0) is 11.3 Å². The molecule has 8 heteroatoms. The van der Waals surface area contributed by atoms with Gasteiger partial charge in [-0.1, -0.05) is 5.21 Å². The van der Waals surface area contributed by atoms with Gasteiger partial charge < -0.3 is 15.0 Å². The molecule has 2 aromatic rings. The minimum Gasteiger partial charge on any atom is -0.378 e. The first-order valence-electron chi connectivity index (χ1n) is 7.24. The molecule has 3 rings (SSSR count). The van der Waals surface area contributed by atoms with Crippen LogP contribution in [-0.4, -0.2) is 46.1 Å². The number of aromatic nitrogens is 3. The Morgan fingerprint density at radius 2 is 2.32 bits per heavy atom. The van der Waals surface area contributed by atoms with E-state index in [-0.39, 0.29) is 6.03 Å². The maximum absolute atomic E-state index is 12.2. The summed E-state index contributed by atoms with van der Waals surface area (Å²) in [7, 11) is 1.64. The van der Waals surface area contributed by atoms with Crippen LogP contribution in [0.2, 0.25) is 0 Å². The van der Waals surface area contributed by atoms with Crippen LogP contribution in [0.15, 0.2) is 23.0 Å². The highest BCUT2D eigenvalue weighted by Crippen LogP contribution is 2.22. The van der Waals surface area contributed by atoms with Crippen molar-refractivity contribution in [3.63, 3.8) is 0 Å². The number of carbonyl (C=O) groups is 1. The average molecular weight is 321 g/mol. The Hall–Kier alpha value is -1.93. The molecule has 0 unspecified atom stereocenters. The summed E-state index contributed by atoms with van der Waals surface area (Å²) in [5.74, 6) is 0. The van der Waals surface area contributed by atoms with Crippen molar-refractivity contribution in [1.82, 2.24) is 19.9 Å². The number of anilines is 1. The first-order chi connectivity index (χ1) is 10.8. The van der Waals surface area contributed by atoms with E-state index in [2.05, 4.69) is 15.6 Å². The van der Waals surface area contributed by atoms with Crippen LogP contribution in [0.4, 0.5) is 10.5 Å². The van der Waals surface area contributed by atoms with Crippen molar-refractivity contribution in [2.75, 3.05) is 25.5 Å². The van der Waals surface area contributed by atoms with Gasteiger partial charge in [-0.2, -0.15) is 11.3 Å². The largest absolute Gasteiger partial charge is 0.378 e. The van der Waals surface area contributed by atoms with Crippen LogP contribution < -0.4 is 5.32 Å². The van der Waals surface area contributed by atoms with Crippen molar-refractivity contribution >= 4 is 23.1 Å². The monoisotopic (exact) mass is 321 g/mol. The molecule has 0 saturated carbocycles. The highest BCUT2D eigenvalue weighted by atomic mass is 32.1. The van der Waals surface area contributed by atoms with E-state index in [1.807, 2.05) is 32.6 Å². The molecule has 118 valence electrons. The highest BCUT2D eigenvalue weighted by Gasteiger charge is 2.24. The van der Waals surface area contributed by atoms with Crippen molar-refractivity contribution in [2.24, 2.45) is 0 Å². The normalized spacial score (nSPS) is 16.0. The SMILES string of the molecule is COCc1cn(C2CCN(C(=O)Nc3ccsc3)CC2)nn1. The van der Waals surface area contributed by atoms with Gasteiger partial charge in [-0.25, -0.2) is 9.48 Å². The number of piperidine rings is 1. The predicted octanol–water partition coefficient (Wildman–Crippen LogP) is 2.36. The third kappa shape index (κ3) is 3.45. The third-order valence-electron chi connectivity index (χ3n) is 3.75. The lowest BCUT2D eigenvalue weighted by Crippen LogP contribution is -2.41. The Kier molecular flexibility index (Phi) is 4.69. The maximum atomic E-state index is 12.2. The molecule has 0 radical (unpaired) electrons. The van der Waals surface area contributed by atoms with Crippen LogP contribution in [0.1, 0.15) is 24.6 Å². The topological polar surface area (TPSA) is 72.3 Å². The number of methoxy groups -OCH3 is 1. The molecule has 1 fully saturated rings. The summed E-state index contributed by atoms with van der Waals surface area (Å²) in [6.45, 7) is 1.92. The number of urea groups is 1. The zero-order chi connectivity index (χ0) is 15.4. The van der Waals surface area contributed by atoms with Gasteiger partial charge in [0, 0.05) is 25.6 Å². The summed E-state index contributed by atoms with van der Waals surface area (Å²) in [6, 6.07) is 2.17. The van der Waals surface area contributed by atoms with E-state index in [1.54, 1.807) is 18.4 Å². The molecular weight excluding hydrogens is 302 g/mol. The number of hydrogen-bond acceptors (Lipinski definition) is 5. The quantitative estimate of drug-likeness (QED) is 0.938.